The summed E-state index contributed by atoms with van der Waals surface area (Å²) in [5, 5.41) is 11.7. The Morgan fingerprint density at radius 3 is 2.36 bits per heavy atom. The van der Waals surface area contributed by atoms with Gasteiger partial charge in [0.1, 0.15) is 23.2 Å². The fourth-order valence-electron chi connectivity index (χ4n) is 2.55. The smallest absolute Gasteiger partial charge is 0.408 e. The number of hydrogen-bond donors (Lipinski definition) is 2. The first-order valence-corrected chi connectivity index (χ1v) is 10.6. The predicted octanol–water partition coefficient (Wildman–Crippen LogP) is 4.56. The van der Waals surface area contributed by atoms with Gasteiger partial charge in [-0.15, -0.1) is 0 Å². The van der Waals surface area contributed by atoms with E-state index in [4.69, 9.17) is 9.47 Å². The summed E-state index contributed by atoms with van der Waals surface area (Å²) in [5.74, 6) is -0.258. The van der Waals surface area contributed by atoms with Gasteiger partial charge in [0, 0.05) is 6.42 Å². The lowest BCUT2D eigenvalue weighted by atomic mass is 10.1. The number of rotatable bonds is 11. The summed E-state index contributed by atoms with van der Waals surface area (Å²) in [6.07, 6.45) is 8.73. The van der Waals surface area contributed by atoms with E-state index in [1.807, 2.05) is 25.1 Å². The van der Waals surface area contributed by atoms with E-state index in [1.165, 1.54) is 7.11 Å². The van der Waals surface area contributed by atoms with Crippen molar-refractivity contribution < 1.29 is 33.7 Å². The van der Waals surface area contributed by atoms with Crippen LogP contribution in [0, 0.1) is 0 Å². The van der Waals surface area contributed by atoms with Gasteiger partial charge in [0.05, 0.1) is 7.11 Å². The van der Waals surface area contributed by atoms with Crippen molar-refractivity contribution in [2.45, 2.75) is 58.6 Å². The Morgan fingerprint density at radius 1 is 1.15 bits per heavy atom. The van der Waals surface area contributed by atoms with Crippen molar-refractivity contribution in [3.05, 3.63) is 66.0 Å². The second-order valence-corrected chi connectivity index (χ2v) is 8.09. The first kappa shape index (κ1) is 27.5. The number of aliphatic carboxylic acids is 1. The first-order chi connectivity index (χ1) is 15.5. The fraction of sp³-hybridized carbons (Fsp3) is 0.400. The molecule has 0 fully saturated rings. The molecule has 0 radical (unpaired) electrons. The molecule has 0 heterocycles. The average molecular weight is 460 g/mol. The highest BCUT2D eigenvalue weighted by atomic mass is 16.6. The largest absolute Gasteiger partial charge is 0.480 e. The topological polar surface area (TPSA) is 111 Å². The molecule has 0 saturated carbocycles. The van der Waals surface area contributed by atoms with Crippen molar-refractivity contribution >= 4 is 18.0 Å². The second kappa shape index (κ2) is 13.8. The minimum atomic E-state index is -1.16. The zero-order chi connectivity index (χ0) is 24.9. The van der Waals surface area contributed by atoms with Gasteiger partial charge in [0.2, 0.25) is 0 Å². The number of ether oxygens (including phenoxy) is 3. The van der Waals surface area contributed by atoms with E-state index < -0.39 is 23.7 Å². The number of methoxy groups -OCH3 is 1. The zero-order valence-corrected chi connectivity index (χ0v) is 19.8. The van der Waals surface area contributed by atoms with Gasteiger partial charge in [-0.25, -0.2) is 9.59 Å². The van der Waals surface area contributed by atoms with Crippen LogP contribution in [0.3, 0.4) is 0 Å². The molecule has 0 bridgehead atoms. The Hall–Kier alpha value is -3.55. The normalized spacial score (nSPS) is 13.1. The molecule has 0 saturated heterocycles. The monoisotopic (exact) mass is 459 g/mol. The number of carbonyl (C=O) groups excluding carboxylic acids is 2. The molecule has 1 aromatic rings. The van der Waals surface area contributed by atoms with Gasteiger partial charge < -0.3 is 24.6 Å². The number of nitrogens with one attached hydrogen (secondary N) is 1. The van der Waals surface area contributed by atoms with E-state index in [0.29, 0.717) is 24.4 Å². The molecule has 1 atom stereocenters. The van der Waals surface area contributed by atoms with Gasteiger partial charge in [-0.05, 0) is 70.4 Å². The van der Waals surface area contributed by atoms with Crippen LogP contribution in [0.4, 0.5) is 4.79 Å². The molecule has 1 aromatic carbocycles. The number of allylic oxidation sites excluding steroid dienone is 4. The summed E-state index contributed by atoms with van der Waals surface area (Å²) in [6.45, 7) is 6.95. The van der Waals surface area contributed by atoms with Crippen molar-refractivity contribution in [2.24, 2.45) is 0 Å². The molecule has 33 heavy (non-hydrogen) atoms. The van der Waals surface area contributed by atoms with Gasteiger partial charge in [-0.3, -0.25) is 4.79 Å². The zero-order valence-electron chi connectivity index (χ0n) is 19.8. The molecule has 0 aliphatic rings. The number of benzene rings is 1. The van der Waals surface area contributed by atoms with E-state index in [0.717, 1.165) is 5.56 Å². The van der Waals surface area contributed by atoms with E-state index >= 15 is 0 Å². The van der Waals surface area contributed by atoms with Crippen LogP contribution in [0.5, 0.6) is 5.75 Å². The van der Waals surface area contributed by atoms with E-state index in [1.54, 1.807) is 57.2 Å². The number of aryl methyl sites for hydroxylation is 1. The van der Waals surface area contributed by atoms with Gasteiger partial charge in [0.25, 0.3) is 0 Å². The predicted molar refractivity (Wildman–Crippen MR) is 125 cm³/mol. The van der Waals surface area contributed by atoms with Gasteiger partial charge in [-0.1, -0.05) is 30.4 Å². The van der Waals surface area contributed by atoms with Crippen LogP contribution in [-0.2, 0) is 25.5 Å². The number of carbonyl (C=O) groups is 3. The average Bonchev–Trinajstić information content (AvgIpc) is 2.73. The van der Waals surface area contributed by atoms with Gasteiger partial charge in [-0.2, -0.15) is 0 Å². The lowest BCUT2D eigenvalue weighted by Crippen LogP contribution is -2.43. The molecule has 0 aromatic heterocycles. The molecule has 2 N–H and O–H groups in total. The van der Waals surface area contributed by atoms with Crippen LogP contribution in [0.15, 0.2) is 60.4 Å². The third-order valence-electron chi connectivity index (χ3n) is 4.09. The molecule has 1 rings (SSSR count). The van der Waals surface area contributed by atoms with Crippen molar-refractivity contribution in [1.82, 2.24) is 5.32 Å². The van der Waals surface area contributed by atoms with Crippen LogP contribution in [0.2, 0.25) is 0 Å². The number of esters is 1. The summed E-state index contributed by atoms with van der Waals surface area (Å²) in [5.41, 5.74) is 0.269. The maximum Gasteiger partial charge on any atom is 0.408 e. The molecule has 8 nitrogen and oxygen atoms in total. The SMILES string of the molecule is C\C=C/C(=C\C=C\C[C@H](NC(=O)OC(C)(C)C)C(=O)O)Oc1ccc(CCC(=O)OC)cc1. The first-order valence-electron chi connectivity index (χ1n) is 10.6. The maximum absolute atomic E-state index is 11.8. The molecular formula is C25H33NO7. The minimum absolute atomic E-state index is 0.0725. The van der Waals surface area contributed by atoms with Crippen molar-refractivity contribution in [1.29, 1.82) is 0 Å². The molecule has 180 valence electrons. The van der Waals surface area contributed by atoms with Crippen LogP contribution < -0.4 is 10.1 Å². The highest BCUT2D eigenvalue weighted by Crippen LogP contribution is 2.17. The van der Waals surface area contributed by atoms with E-state index in [2.05, 4.69) is 10.1 Å². The van der Waals surface area contributed by atoms with Crippen LogP contribution in [-0.4, -0.2) is 41.9 Å². The molecule has 0 aliphatic carbocycles. The minimum Gasteiger partial charge on any atom is -0.480 e. The summed E-state index contributed by atoms with van der Waals surface area (Å²) in [7, 11) is 1.36. The lowest BCUT2D eigenvalue weighted by Gasteiger charge is -2.21. The Kier molecular flexibility index (Phi) is 11.5. The number of alkyl carbamates (subject to hydrolysis) is 1. The van der Waals surface area contributed by atoms with Gasteiger partial charge >= 0.3 is 18.0 Å². The Morgan fingerprint density at radius 2 is 1.82 bits per heavy atom. The molecular weight excluding hydrogens is 426 g/mol. The summed E-state index contributed by atoms with van der Waals surface area (Å²) in [4.78, 5) is 34.5. The number of carboxylic acid groups (broad SMARTS) is 1. The number of amides is 1. The van der Waals surface area contributed by atoms with Crippen LogP contribution in [0.1, 0.15) is 46.1 Å². The molecule has 0 spiro atoms. The summed E-state index contributed by atoms with van der Waals surface area (Å²) >= 11 is 0. The van der Waals surface area contributed by atoms with E-state index in [9.17, 15) is 19.5 Å². The third kappa shape index (κ3) is 12.2. The van der Waals surface area contributed by atoms with Crippen molar-refractivity contribution in [3.63, 3.8) is 0 Å². The van der Waals surface area contributed by atoms with Gasteiger partial charge in [0.15, 0.2) is 0 Å². The Labute approximate surface area is 194 Å². The second-order valence-electron chi connectivity index (χ2n) is 8.09. The molecule has 0 aliphatic heterocycles. The third-order valence-corrected chi connectivity index (χ3v) is 4.09. The quantitative estimate of drug-likeness (QED) is 0.284. The van der Waals surface area contributed by atoms with E-state index in [-0.39, 0.29) is 12.4 Å². The van der Waals surface area contributed by atoms with Crippen LogP contribution in [0.25, 0.3) is 0 Å². The highest BCUT2D eigenvalue weighted by molar-refractivity contribution is 5.80. The Balaban J connectivity index is 2.72. The maximum atomic E-state index is 11.8. The lowest BCUT2D eigenvalue weighted by molar-refractivity contribution is -0.141. The molecule has 1 amide bonds. The van der Waals surface area contributed by atoms with Crippen molar-refractivity contribution in [3.8, 4) is 5.75 Å². The molecule has 8 heteroatoms. The Bertz CT molecular complexity index is 877. The van der Waals surface area contributed by atoms with Crippen LogP contribution >= 0.6 is 0 Å². The summed E-state index contributed by atoms with van der Waals surface area (Å²) < 4.78 is 15.6. The van der Waals surface area contributed by atoms with Crippen molar-refractivity contribution in [2.75, 3.05) is 7.11 Å². The highest BCUT2D eigenvalue weighted by Gasteiger charge is 2.22. The number of hydrogen-bond acceptors (Lipinski definition) is 6. The standard InChI is InChI=1S/C25H33NO7/c1-6-9-19(32-20-15-12-18(13-16-20)14-17-22(27)31-5)10-7-8-11-21(23(28)29)26-24(30)33-25(2,3)4/h6-10,12-13,15-16,21H,11,14,17H2,1-5H3,(H,26,30)(H,28,29)/b8-7+,9-6-,19-10+/t21-/m0/s1. The summed E-state index contributed by atoms with van der Waals surface area (Å²) in [6, 6.07) is 6.24. The fourth-order valence-corrected chi connectivity index (χ4v) is 2.55. The molecule has 0 unspecified atom stereocenters. The number of carboxylic acids is 1.